The van der Waals surface area contributed by atoms with Gasteiger partial charge in [-0.1, -0.05) is 18.2 Å². The van der Waals surface area contributed by atoms with Crippen molar-refractivity contribution in [3.05, 3.63) is 74.9 Å². The number of aromatic nitrogens is 4. The smallest absolute Gasteiger partial charge is 0.332 e. The van der Waals surface area contributed by atoms with E-state index in [1.165, 1.54) is 35.5 Å². The van der Waals surface area contributed by atoms with Gasteiger partial charge >= 0.3 is 5.69 Å². The molecule has 2 heterocycles. The van der Waals surface area contributed by atoms with E-state index in [-0.39, 0.29) is 36.0 Å². The monoisotopic (exact) mass is 508 g/mol. The normalized spacial score (nSPS) is 12.2. The second-order valence-corrected chi connectivity index (χ2v) is 8.23. The number of anilines is 1. The predicted octanol–water partition coefficient (Wildman–Crippen LogP) is 1.42. The van der Waals surface area contributed by atoms with Gasteiger partial charge in [0.05, 0.1) is 19.4 Å². The Kier molecular flexibility index (Phi) is 7.58. The minimum Gasteiger partial charge on any atom is -0.504 e. The summed E-state index contributed by atoms with van der Waals surface area (Å²) in [5.41, 5.74) is 2.61. The number of imidazole rings is 1. The van der Waals surface area contributed by atoms with Gasteiger partial charge < -0.3 is 24.3 Å². The maximum atomic E-state index is 13.0. The molecule has 37 heavy (non-hydrogen) atoms. The molecule has 0 saturated carbocycles. The Morgan fingerprint density at radius 2 is 1.86 bits per heavy atom. The molecule has 0 aliphatic heterocycles. The van der Waals surface area contributed by atoms with Crippen molar-refractivity contribution in [1.29, 1.82) is 0 Å². The van der Waals surface area contributed by atoms with Gasteiger partial charge in [-0.2, -0.15) is 10.1 Å². The molecule has 1 atom stereocenters. The van der Waals surface area contributed by atoms with Gasteiger partial charge in [-0.25, -0.2) is 10.2 Å². The number of aliphatic hydroxyl groups excluding tert-OH is 1. The van der Waals surface area contributed by atoms with Gasteiger partial charge in [0.15, 0.2) is 22.7 Å². The van der Waals surface area contributed by atoms with Crippen molar-refractivity contribution in [2.45, 2.75) is 19.6 Å². The summed E-state index contributed by atoms with van der Waals surface area (Å²) in [6, 6.07) is 13.8. The molecule has 0 amide bonds. The highest BCUT2D eigenvalue weighted by Gasteiger charge is 2.21. The molecule has 0 aliphatic carbocycles. The SMILES string of the molecule is CCOc1cc(C=NNc2nc3c(c(=O)n(C)c(=O)n3C)n2CC(O)COc2ccccc2)ccc1O. The van der Waals surface area contributed by atoms with Crippen molar-refractivity contribution in [2.75, 3.05) is 18.6 Å². The highest BCUT2D eigenvalue weighted by Crippen LogP contribution is 2.26. The lowest BCUT2D eigenvalue weighted by molar-refractivity contribution is 0.0938. The van der Waals surface area contributed by atoms with E-state index in [1.54, 1.807) is 24.3 Å². The third kappa shape index (κ3) is 5.48. The van der Waals surface area contributed by atoms with Gasteiger partial charge in [0.1, 0.15) is 18.5 Å². The zero-order valence-corrected chi connectivity index (χ0v) is 20.7. The van der Waals surface area contributed by atoms with E-state index in [0.717, 1.165) is 4.57 Å². The lowest BCUT2D eigenvalue weighted by Crippen LogP contribution is -2.38. The molecule has 0 fully saturated rings. The van der Waals surface area contributed by atoms with Crippen molar-refractivity contribution in [3.63, 3.8) is 0 Å². The fourth-order valence-electron chi connectivity index (χ4n) is 3.73. The third-order valence-electron chi connectivity index (χ3n) is 5.59. The molecule has 2 aromatic heterocycles. The standard InChI is InChI=1S/C25H28N6O6/c1-4-36-20-12-16(10-11-19(20)33)13-26-28-24-27-22-21(23(34)30(3)25(35)29(22)2)31(24)14-17(32)15-37-18-8-6-5-7-9-18/h5-13,17,32-33H,4,14-15H2,1-3H3,(H,27,28). The minimum atomic E-state index is -1.00. The van der Waals surface area contributed by atoms with E-state index in [1.807, 2.05) is 25.1 Å². The fourth-order valence-corrected chi connectivity index (χ4v) is 3.73. The highest BCUT2D eigenvalue weighted by atomic mass is 16.5. The van der Waals surface area contributed by atoms with Gasteiger partial charge in [0.2, 0.25) is 5.95 Å². The van der Waals surface area contributed by atoms with Crippen molar-refractivity contribution in [3.8, 4) is 17.2 Å². The topological polar surface area (TPSA) is 145 Å². The number of phenols is 1. The second-order valence-electron chi connectivity index (χ2n) is 8.23. The Bertz CT molecular complexity index is 1540. The summed E-state index contributed by atoms with van der Waals surface area (Å²) in [7, 11) is 2.89. The molecular formula is C25H28N6O6. The summed E-state index contributed by atoms with van der Waals surface area (Å²) >= 11 is 0. The van der Waals surface area contributed by atoms with Gasteiger partial charge in [-0.15, -0.1) is 0 Å². The number of aliphatic hydroxyl groups is 1. The molecule has 2 aromatic carbocycles. The van der Waals surface area contributed by atoms with Crippen molar-refractivity contribution in [1.82, 2.24) is 18.7 Å². The minimum absolute atomic E-state index is 0.0113. The number of para-hydroxylation sites is 1. The van der Waals surface area contributed by atoms with Gasteiger partial charge in [-0.3, -0.25) is 13.9 Å². The molecule has 194 valence electrons. The van der Waals surface area contributed by atoms with Crippen LogP contribution in [0.4, 0.5) is 5.95 Å². The number of hydrogen-bond donors (Lipinski definition) is 3. The Morgan fingerprint density at radius 3 is 2.59 bits per heavy atom. The van der Waals surface area contributed by atoms with Crippen LogP contribution in [0.5, 0.6) is 17.2 Å². The number of hydrogen-bond acceptors (Lipinski definition) is 9. The number of rotatable bonds is 10. The van der Waals surface area contributed by atoms with E-state index in [4.69, 9.17) is 9.47 Å². The summed E-state index contributed by atoms with van der Waals surface area (Å²) in [5, 5.41) is 24.8. The van der Waals surface area contributed by atoms with Crippen LogP contribution in [-0.2, 0) is 20.6 Å². The fraction of sp³-hybridized carbons (Fsp3) is 0.280. The van der Waals surface area contributed by atoms with Crippen LogP contribution in [0, 0.1) is 0 Å². The van der Waals surface area contributed by atoms with Crippen LogP contribution < -0.4 is 26.1 Å². The first-order valence-corrected chi connectivity index (χ1v) is 11.6. The molecule has 12 nitrogen and oxygen atoms in total. The van der Waals surface area contributed by atoms with Crippen LogP contribution in [0.25, 0.3) is 11.2 Å². The first-order chi connectivity index (χ1) is 17.8. The average molecular weight is 509 g/mol. The Labute approximate surface area is 211 Å². The van der Waals surface area contributed by atoms with Crippen LogP contribution in [0.3, 0.4) is 0 Å². The molecule has 1 unspecified atom stereocenters. The molecule has 4 aromatic rings. The maximum absolute atomic E-state index is 13.0. The summed E-state index contributed by atoms with van der Waals surface area (Å²) in [5.74, 6) is 1.07. The van der Waals surface area contributed by atoms with Gasteiger partial charge in [0, 0.05) is 14.1 Å². The zero-order valence-electron chi connectivity index (χ0n) is 20.7. The Hall–Kier alpha value is -4.58. The highest BCUT2D eigenvalue weighted by molar-refractivity contribution is 5.81. The number of aryl methyl sites for hydroxylation is 1. The van der Waals surface area contributed by atoms with E-state index >= 15 is 0 Å². The number of fused-ring (bicyclic) bond motifs is 1. The molecule has 0 radical (unpaired) electrons. The van der Waals surface area contributed by atoms with Gasteiger partial charge in [-0.05, 0) is 42.8 Å². The van der Waals surface area contributed by atoms with Crippen LogP contribution in [0.2, 0.25) is 0 Å². The number of phenolic OH excluding ortho intramolecular Hbond substituents is 1. The molecule has 0 aliphatic rings. The van der Waals surface area contributed by atoms with Crippen molar-refractivity contribution in [2.24, 2.45) is 19.2 Å². The third-order valence-corrected chi connectivity index (χ3v) is 5.59. The van der Waals surface area contributed by atoms with E-state index < -0.39 is 17.4 Å². The quantitative estimate of drug-likeness (QED) is 0.215. The molecule has 0 spiro atoms. The Morgan fingerprint density at radius 1 is 1.11 bits per heavy atom. The largest absolute Gasteiger partial charge is 0.504 e. The molecule has 4 rings (SSSR count). The Balaban J connectivity index is 1.65. The van der Waals surface area contributed by atoms with Crippen LogP contribution in [0.15, 0.2) is 63.2 Å². The van der Waals surface area contributed by atoms with Crippen LogP contribution >= 0.6 is 0 Å². The lowest BCUT2D eigenvalue weighted by Gasteiger charge is -2.15. The number of ether oxygens (including phenoxy) is 2. The number of nitrogens with one attached hydrogen (secondary N) is 1. The summed E-state index contributed by atoms with van der Waals surface area (Å²) in [4.78, 5) is 29.8. The molecular weight excluding hydrogens is 480 g/mol. The number of benzene rings is 2. The zero-order chi connectivity index (χ0) is 26.5. The summed E-state index contributed by atoms with van der Waals surface area (Å²) < 4.78 is 14.7. The van der Waals surface area contributed by atoms with Crippen molar-refractivity contribution < 1.29 is 19.7 Å². The summed E-state index contributed by atoms with van der Waals surface area (Å²) in [6.45, 7) is 2.11. The predicted molar refractivity (Wildman–Crippen MR) is 139 cm³/mol. The second kappa shape index (κ2) is 11.0. The average Bonchev–Trinajstić information content (AvgIpc) is 3.25. The molecule has 3 N–H and O–H groups in total. The number of hydrazone groups is 1. The van der Waals surface area contributed by atoms with E-state index in [2.05, 4.69) is 15.5 Å². The number of aromatic hydroxyl groups is 1. The number of nitrogens with zero attached hydrogens (tertiary/aromatic N) is 5. The van der Waals surface area contributed by atoms with Crippen LogP contribution in [-0.4, -0.2) is 54.4 Å². The molecule has 12 heteroatoms. The first kappa shape index (κ1) is 25.5. The van der Waals surface area contributed by atoms with Crippen molar-refractivity contribution >= 4 is 23.3 Å². The first-order valence-electron chi connectivity index (χ1n) is 11.6. The van der Waals surface area contributed by atoms with E-state index in [9.17, 15) is 19.8 Å². The van der Waals surface area contributed by atoms with Crippen LogP contribution in [0.1, 0.15) is 12.5 Å². The lowest BCUT2D eigenvalue weighted by atomic mass is 10.2. The van der Waals surface area contributed by atoms with Gasteiger partial charge in [0.25, 0.3) is 5.56 Å². The maximum Gasteiger partial charge on any atom is 0.332 e. The molecule has 0 saturated heterocycles. The summed E-state index contributed by atoms with van der Waals surface area (Å²) in [6.07, 6.45) is 0.479. The molecule has 0 bridgehead atoms. The van der Waals surface area contributed by atoms with E-state index in [0.29, 0.717) is 23.7 Å².